The third-order valence-electron chi connectivity index (χ3n) is 8.25. The molecule has 0 radical (unpaired) electrons. The summed E-state index contributed by atoms with van der Waals surface area (Å²) in [5.74, 6) is 3.68. The van der Waals surface area contributed by atoms with Crippen molar-refractivity contribution in [3.8, 4) is 11.5 Å². The zero-order valence-electron chi connectivity index (χ0n) is 18.7. The molecule has 1 heterocycles. The number of carbonyl (C=O) groups is 2. The average Bonchev–Trinajstić information content (AvgIpc) is 3.25. The Balaban J connectivity index is 1.28. The van der Waals surface area contributed by atoms with E-state index in [4.69, 9.17) is 9.47 Å². The molecule has 4 bridgehead atoms. The zero-order valence-corrected chi connectivity index (χ0v) is 18.7. The Bertz CT molecular complexity index is 832. The maximum absolute atomic E-state index is 13.8. The van der Waals surface area contributed by atoms with Gasteiger partial charge in [-0.2, -0.15) is 0 Å². The summed E-state index contributed by atoms with van der Waals surface area (Å²) in [5.41, 5.74) is 0.681. The van der Waals surface area contributed by atoms with Gasteiger partial charge < -0.3 is 19.7 Å². The predicted molar refractivity (Wildman–Crippen MR) is 117 cm³/mol. The summed E-state index contributed by atoms with van der Waals surface area (Å²) in [7, 11) is 3.21. The molecule has 4 saturated carbocycles. The monoisotopic (exact) mass is 426 g/mol. The Hall–Kier alpha value is -2.24. The van der Waals surface area contributed by atoms with Crippen LogP contribution < -0.4 is 14.8 Å². The maximum atomic E-state index is 13.8. The van der Waals surface area contributed by atoms with Gasteiger partial charge in [-0.3, -0.25) is 9.59 Å². The largest absolute Gasteiger partial charge is 0.493 e. The van der Waals surface area contributed by atoms with Crippen molar-refractivity contribution in [3.63, 3.8) is 0 Å². The van der Waals surface area contributed by atoms with Gasteiger partial charge in [-0.05, 0) is 75.2 Å². The quantitative estimate of drug-likeness (QED) is 0.756. The minimum atomic E-state index is -0.350. The first-order valence-corrected chi connectivity index (χ1v) is 11.8. The lowest BCUT2D eigenvalue weighted by Gasteiger charge is -2.56. The molecule has 1 aromatic rings. The highest BCUT2D eigenvalue weighted by Crippen LogP contribution is 2.60. The van der Waals surface area contributed by atoms with E-state index in [0.717, 1.165) is 55.4 Å². The van der Waals surface area contributed by atoms with Crippen molar-refractivity contribution in [2.24, 2.45) is 23.2 Å². The molecule has 1 saturated heterocycles. The Labute approximate surface area is 184 Å². The lowest BCUT2D eigenvalue weighted by atomic mass is 9.49. The summed E-state index contributed by atoms with van der Waals surface area (Å²) in [5, 5.41) is 3.06. The van der Waals surface area contributed by atoms with Crippen LogP contribution in [0.1, 0.15) is 56.9 Å². The number of carbonyl (C=O) groups excluding carboxylic acids is 2. The van der Waals surface area contributed by atoms with Crippen LogP contribution in [-0.4, -0.2) is 43.5 Å². The molecule has 5 fully saturated rings. The van der Waals surface area contributed by atoms with Crippen LogP contribution in [0.15, 0.2) is 18.2 Å². The molecule has 6 rings (SSSR count). The molecule has 0 spiro atoms. The number of methoxy groups -OCH3 is 2. The third-order valence-corrected chi connectivity index (χ3v) is 8.25. The number of benzene rings is 1. The van der Waals surface area contributed by atoms with Crippen LogP contribution in [0.5, 0.6) is 11.5 Å². The van der Waals surface area contributed by atoms with E-state index in [-0.39, 0.29) is 23.3 Å². The van der Waals surface area contributed by atoms with Crippen LogP contribution in [-0.2, 0) is 16.1 Å². The van der Waals surface area contributed by atoms with Gasteiger partial charge in [-0.25, -0.2) is 0 Å². The fraction of sp³-hybridized carbons (Fsp3) is 0.680. The lowest BCUT2D eigenvalue weighted by Crippen LogP contribution is -2.57. The van der Waals surface area contributed by atoms with Crippen LogP contribution in [0.3, 0.4) is 0 Å². The molecule has 4 aliphatic carbocycles. The Morgan fingerprint density at radius 2 is 1.74 bits per heavy atom. The molecule has 1 N–H and O–H groups in total. The Morgan fingerprint density at radius 3 is 2.35 bits per heavy atom. The number of hydrogen-bond acceptors (Lipinski definition) is 4. The SMILES string of the molecule is COc1cccc(CNC(=O)C2CCCN2C(=O)C23CC4CC(CC(C4)C2)C3)c1OC. The molecular formula is C25H34N2O4. The van der Waals surface area contributed by atoms with Crippen molar-refractivity contribution in [3.05, 3.63) is 23.8 Å². The molecule has 31 heavy (non-hydrogen) atoms. The molecule has 1 atom stereocenters. The van der Waals surface area contributed by atoms with Gasteiger partial charge in [0.2, 0.25) is 11.8 Å². The third kappa shape index (κ3) is 3.58. The van der Waals surface area contributed by atoms with E-state index >= 15 is 0 Å². The fourth-order valence-corrected chi connectivity index (χ4v) is 7.35. The molecular weight excluding hydrogens is 392 g/mol. The van der Waals surface area contributed by atoms with Gasteiger partial charge in [-0.15, -0.1) is 0 Å². The average molecular weight is 427 g/mol. The molecule has 6 nitrogen and oxygen atoms in total. The summed E-state index contributed by atoms with van der Waals surface area (Å²) < 4.78 is 10.8. The Kier molecular flexibility index (Phi) is 5.35. The van der Waals surface area contributed by atoms with Crippen molar-refractivity contribution in [2.45, 2.75) is 64.0 Å². The lowest BCUT2D eigenvalue weighted by molar-refractivity contribution is -0.160. The molecule has 0 aromatic heterocycles. The van der Waals surface area contributed by atoms with Crippen molar-refractivity contribution >= 4 is 11.8 Å². The van der Waals surface area contributed by atoms with Gasteiger partial charge in [0.1, 0.15) is 6.04 Å². The van der Waals surface area contributed by atoms with Crippen LogP contribution in [0, 0.1) is 23.2 Å². The molecule has 2 amide bonds. The maximum Gasteiger partial charge on any atom is 0.243 e. The molecule has 168 valence electrons. The van der Waals surface area contributed by atoms with Crippen LogP contribution in [0.2, 0.25) is 0 Å². The van der Waals surface area contributed by atoms with E-state index in [2.05, 4.69) is 5.32 Å². The van der Waals surface area contributed by atoms with Crippen LogP contribution >= 0.6 is 0 Å². The smallest absolute Gasteiger partial charge is 0.243 e. The standard InChI is InChI=1S/C25H34N2O4/c1-30-21-7-3-5-19(22(21)31-2)15-26-23(28)20-6-4-8-27(20)24(29)25-12-16-9-17(13-25)11-18(10-16)14-25/h3,5,7,16-18,20H,4,6,8-15H2,1-2H3,(H,26,28). The summed E-state index contributed by atoms with van der Waals surface area (Å²) in [6.45, 7) is 1.07. The topological polar surface area (TPSA) is 67.9 Å². The van der Waals surface area contributed by atoms with Gasteiger partial charge >= 0.3 is 0 Å². The van der Waals surface area contributed by atoms with E-state index in [0.29, 0.717) is 24.6 Å². The van der Waals surface area contributed by atoms with Crippen LogP contribution in [0.4, 0.5) is 0 Å². The Morgan fingerprint density at radius 1 is 1.06 bits per heavy atom. The van der Waals surface area contributed by atoms with Crippen molar-refractivity contribution in [1.82, 2.24) is 10.2 Å². The first-order chi connectivity index (χ1) is 15.0. The number of ether oxygens (including phenoxy) is 2. The molecule has 1 unspecified atom stereocenters. The highest BCUT2D eigenvalue weighted by molar-refractivity contribution is 5.91. The second kappa shape index (κ2) is 8.03. The van der Waals surface area contributed by atoms with E-state index in [1.54, 1.807) is 14.2 Å². The molecule has 5 aliphatic rings. The predicted octanol–water partition coefficient (Wildman–Crippen LogP) is 3.53. The minimum Gasteiger partial charge on any atom is -0.493 e. The highest BCUT2D eigenvalue weighted by atomic mass is 16.5. The molecule has 1 aliphatic heterocycles. The number of amides is 2. The summed E-state index contributed by atoms with van der Waals surface area (Å²) in [6.07, 6.45) is 8.74. The van der Waals surface area contributed by atoms with Crippen molar-refractivity contribution < 1.29 is 19.1 Å². The van der Waals surface area contributed by atoms with Gasteiger partial charge in [0.25, 0.3) is 0 Å². The summed E-state index contributed by atoms with van der Waals surface area (Å²) in [4.78, 5) is 28.8. The van der Waals surface area contributed by atoms with Gasteiger partial charge in [0, 0.05) is 18.7 Å². The van der Waals surface area contributed by atoms with E-state index < -0.39 is 0 Å². The van der Waals surface area contributed by atoms with Crippen molar-refractivity contribution in [2.75, 3.05) is 20.8 Å². The summed E-state index contributed by atoms with van der Waals surface area (Å²) >= 11 is 0. The first kappa shape index (κ1) is 20.7. The minimum absolute atomic E-state index is 0.0551. The van der Waals surface area contributed by atoms with Crippen molar-refractivity contribution in [1.29, 1.82) is 0 Å². The van der Waals surface area contributed by atoms with E-state index in [1.807, 2.05) is 23.1 Å². The van der Waals surface area contributed by atoms with E-state index in [1.165, 1.54) is 19.3 Å². The highest BCUT2D eigenvalue weighted by Gasteiger charge is 2.56. The first-order valence-electron chi connectivity index (χ1n) is 11.8. The second-order valence-corrected chi connectivity index (χ2v) is 10.2. The number of likely N-dealkylation sites (tertiary alicyclic amines) is 1. The number of rotatable bonds is 6. The normalized spacial score (nSPS) is 33.4. The van der Waals surface area contributed by atoms with Gasteiger partial charge in [-0.1, -0.05) is 12.1 Å². The molecule has 6 heteroatoms. The fourth-order valence-electron chi connectivity index (χ4n) is 7.35. The molecule has 1 aromatic carbocycles. The number of hydrogen-bond donors (Lipinski definition) is 1. The number of nitrogens with zero attached hydrogens (tertiary/aromatic N) is 1. The van der Waals surface area contributed by atoms with Crippen LogP contribution in [0.25, 0.3) is 0 Å². The number of para-hydroxylation sites is 1. The second-order valence-electron chi connectivity index (χ2n) is 10.2. The van der Waals surface area contributed by atoms with Gasteiger partial charge in [0.05, 0.1) is 19.6 Å². The van der Waals surface area contributed by atoms with E-state index in [9.17, 15) is 9.59 Å². The summed E-state index contributed by atoms with van der Waals surface area (Å²) in [6, 6.07) is 5.31. The number of nitrogens with one attached hydrogen (secondary N) is 1. The van der Waals surface area contributed by atoms with Gasteiger partial charge in [0.15, 0.2) is 11.5 Å². The zero-order chi connectivity index (χ0) is 21.6.